The number of anilines is 1. The lowest BCUT2D eigenvalue weighted by Crippen LogP contribution is -2.49. The van der Waals surface area contributed by atoms with Crippen molar-refractivity contribution in [3.05, 3.63) is 100 Å². The van der Waals surface area contributed by atoms with Crippen molar-refractivity contribution >= 4 is 22.6 Å². The van der Waals surface area contributed by atoms with Gasteiger partial charge in [-0.3, -0.25) is 14.2 Å². The smallest absolute Gasteiger partial charge is 0.263 e. The van der Waals surface area contributed by atoms with Gasteiger partial charge >= 0.3 is 0 Å². The number of carbonyl (C=O) groups excluding carboxylic acids is 1. The fourth-order valence-corrected chi connectivity index (χ4v) is 4.50. The zero-order valence-electron chi connectivity index (χ0n) is 19.3. The van der Waals surface area contributed by atoms with Crippen molar-refractivity contribution in [2.45, 2.75) is 19.4 Å². The zero-order chi connectivity index (χ0) is 24.2. The lowest BCUT2D eigenvalue weighted by molar-refractivity contribution is -0.131. The molecular formula is C27H26FN5O2. The lowest BCUT2D eigenvalue weighted by Gasteiger charge is -2.36. The second kappa shape index (κ2) is 10.0. The average Bonchev–Trinajstić information content (AvgIpc) is 2.90. The van der Waals surface area contributed by atoms with Crippen LogP contribution in [0.3, 0.4) is 0 Å². The highest BCUT2D eigenvalue weighted by Gasteiger charge is 2.23. The van der Waals surface area contributed by atoms with E-state index in [0.29, 0.717) is 61.7 Å². The number of aryl methyl sites for hydroxylation is 1. The van der Waals surface area contributed by atoms with Crippen LogP contribution in [0.1, 0.15) is 17.8 Å². The Kier molecular flexibility index (Phi) is 6.52. The van der Waals surface area contributed by atoms with E-state index < -0.39 is 0 Å². The van der Waals surface area contributed by atoms with Gasteiger partial charge < -0.3 is 9.80 Å². The highest BCUT2D eigenvalue weighted by atomic mass is 19.1. The van der Waals surface area contributed by atoms with E-state index in [9.17, 15) is 14.0 Å². The number of halogens is 1. The molecule has 1 amide bonds. The lowest BCUT2D eigenvalue weighted by atomic mass is 10.2. The quantitative estimate of drug-likeness (QED) is 0.432. The Balaban J connectivity index is 1.30. The molecule has 2 aromatic carbocycles. The van der Waals surface area contributed by atoms with Gasteiger partial charge in [0.1, 0.15) is 11.6 Å². The Labute approximate surface area is 202 Å². The first kappa shape index (κ1) is 22.7. The minimum absolute atomic E-state index is 0.000175. The van der Waals surface area contributed by atoms with Gasteiger partial charge in [-0.1, -0.05) is 42.5 Å². The molecular weight excluding hydrogens is 445 g/mol. The Morgan fingerprint density at radius 3 is 2.43 bits per heavy atom. The topological polar surface area (TPSA) is 71.3 Å². The molecule has 0 spiro atoms. The third-order valence-electron chi connectivity index (χ3n) is 6.38. The van der Waals surface area contributed by atoms with Crippen molar-refractivity contribution in [2.24, 2.45) is 0 Å². The number of hydrogen-bond donors (Lipinski definition) is 0. The van der Waals surface area contributed by atoms with Crippen molar-refractivity contribution in [3.8, 4) is 0 Å². The molecule has 1 aliphatic heterocycles. The Hall–Kier alpha value is -4.07. The van der Waals surface area contributed by atoms with E-state index in [1.807, 2.05) is 41.3 Å². The third kappa shape index (κ3) is 4.91. The summed E-state index contributed by atoms with van der Waals surface area (Å²) >= 11 is 0. The van der Waals surface area contributed by atoms with Crippen molar-refractivity contribution < 1.29 is 9.18 Å². The fourth-order valence-electron chi connectivity index (χ4n) is 4.50. The molecule has 1 saturated heterocycles. The number of carbonyl (C=O) groups is 1. The monoisotopic (exact) mass is 471 g/mol. The molecule has 178 valence electrons. The number of nitrogens with zero attached hydrogens (tertiary/aromatic N) is 5. The predicted molar refractivity (Wildman–Crippen MR) is 133 cm³/mol. The minimum Gasteiger partial charge on any atom is -0.366 e. The van der Waals surface area contributed by atoms with Crippen LogP contribution in [-0.4, -0.2) is 51.5 Å². The number of para-hydroxylation sites is 1. The van der Waals surface area contributed by atoms with Gasteiger partial charge in [-0.25, -0.2) is 14.4 Å². The first-order valence-electron chi connectivity index (χ1n) is 11.8. The number of hydrogen-bond acceptors (Lipinski definition) is 5. The normalized spacial score (nSPS) is 13.9. The van der Waals surface area contributed by atoms with Crippen molar-refractivity contribution in [1.29, 1.82) is 0 Å². The van der Waals surface area contributed by atoms with Crippen LogP contribution in [0.5, 0.6) is 0 Å². The molecule has 3 heterocycles. The predicted octanol–water partition coefficient (Wildman–Crippen LogP) is 3.26. The van der Waals surface area contributed by atoms with Crippen LogP contribution in [0.25, 0.3) is 11.0 Å². The first-order chi connectivity index (χ1) is 17.1. The highest BCUT2D eigenvalue weighted by molar-refractivity contribution is 5.77. The van der Waals surface area contributed by atoms with Gasteiger partial charge in [-0.05, 0) is 29.8 Å². The van der Waals surface area contributed by atoms with Crippen molar-refractivity contribution in [3.63, 3.8) is 0 Å². The number of amides is 1. The largest absolute Gasteiger partial charge is 0.366 e. The van der Waals surface area contributed by atoms with E-state index in [0.717, 1.165) is 5.56 Å². The average molecular weight is 472 g/mol. The zero-order valence-corrected chi connectivity index (χ0v) is 19.3. The van der Waals surface area contributed by atoms with Gasteiger partial charge in [0.05, 0.1) is 17.6 Å². The van der Waals surface area contributed by atoms with Crippen molar-refractivity contribution in [1.82, 2.24) is 19.4 Å². The van der Waals surface area contributed by atoms with Crippen molar-refractivity contribution in [2.75, 3.05) is 31.1 Å². The summed E-state index contributed by atoms with van der Waals surface area (Å²) in [5.41, 5.74) is 1.78. The number of fused-ring (bicyclic) bond motifs is 1. The number of aromatic nitrogens is 3. The molecule has 0 bridgehead atoms. The third-order valence-corrected chi connectivity index (χ3v) is 6.38. The molecule has 1 fully saturated rings. The summed E-state index contributed by atoms with van der Waals surface area (Å²) in [5, 5.41) is 0.461. The Morgan fingerprint density at radius 2 is 1.66 bits per heavy atom. The number of pyridine rings is 1. The van der Waals surface area contributed by atoms with E-state index in [1.54, 1.807) is 39.9 Å². The molecule has 5 rings (SSSR count). The summed E-state index contributed by atoms with van der Waals surface area (Å²) in [4.78, 5) is 38.9. The van der Waals surface area contributed by atoms with E-state index in [1.165, 1.54) is 6.07 Å². The standard InChI is InChI=1S/C27H26FN5O2/c28-22-10-4-5-11-23(22)31-15-17-32(18-16-31)25(34)13-12-24-30-26-21(9-6-14-29-26)27(35)33(24)19-20-7-2-1-3-8-20/h1-11,14H,12-13,15-19H2. The van der Waals surface area contributed by atoms with E-state index >= 15 is 0 Å². The van der Waals surface area contributed by atoms with Crippen LogP contribution in [0, 0.1) is 5.82 Å². The van der Waals surface area contributed by atoms with Crippen LogP contribution in [0.4, 0.5) is 10.1 Å². The molecule has 1 aliphatic rings. The van der Waals surface area contributed by atoms with E-state index in [-0.39, 0.29) is 23.7 Å². The van der Waals surface area contributed by atoms with Gasteiger partial charge in [0.15, 0.2) is 5.65 Å². The second-order valence-electron chi connectivity index (χ2n) is 8.60. The summed E-state index contributed by atoms with van der Waals surface area (Å²) in [6.07, 6.45) is 2.18. The fraction of sp³-hybridized carbons (Fsp3) is 0.259. The highest BCUT2D eigenvalue weighted by Crippen LogP contribution is 2.20. The first-order valence-corrected chi connectivity index (χ1v) is 11.8. The maximum absolute atomic E-state index is 14.1. The van der Waals surface area contributed by atoms with Gasteiger partial charge in [-0.2, -0.15) is 0 Å². The SMILES string of the molecule is O=C(CCc1nc2ncccc2c(=O)n1Cc1ccccc1)N1CCN(c2ccccc2F)CC1. The van der Waals surface area contributed by atoms with Crippen LogP contribution in [0.2, 0.25) is 0 Å². The molecule has 0 N–H and O–H groups in total. The molecule has 0 atom stereocenters. The number of rotatable bonds is 6. The van der Waals surface area contributed by atoms with Gasteiger partial charge in [0.2, 0.25) is 5.91 Å². The molecule has 0 radical (unpaired) electrons. The van der Waals surface area contributed by atoms with Crippen LogP contribution >= 0.6 is 0 Å². The minimum atomic E-state index is -0.250. The van der Waals surface area contributed by atoms with E-state index in [4.69, 9.17) is 0 Å². The maximum atomic E-state index is 14.1. The van der Waals surface area contributed by atoms with E-state index in [2.05, 4.69) is 9.97 Å². The maximum Gasteiger partial charge on any atom is 0.263 e. The molecule has 4 aromatic rings. The Morgan fingerprint density at radius 1 is 0.914 bits per heavy atom. The van der Waals surface area contributed by atoms with Crippen LogP contribution in [-0.2, 0) is 17.8 Å². The van der Waals surface area contributed by atoms with Crippen LogP contribution < -0.4 is 10.5 Å². The molecule has 0 aliphatic carbocycles. The van der Waals surface area contributed by atoms with Gasteiger partial charge in [0, 0.05) is 45.2 Å². The summed E-state index contributed by atoms with van der Waals surface area (Å²) in [6.45, 7) is 2.57. The molecule has 2 aromatic heterocycles. The molecule has 8 heteroatoms. The Bertz CT molecular complexity index is 1400. The summed E-state index contributed by atoms with van der Waals surface area (Å²) in [6, 6.07) is 19.9. The summed E-state index contributed by atoms with van der Waals surface area (Å²) < 4.78 is 15.8. The van der Waals surface area contributed by atoms with Gasteiger partial charge in [0.25, 0.3) is 5.56 Å². The molecule has 35 heavy (non-hydrogen) atoms. The summed E-state index contributed by atoms with van der Waals surface area (Å²) in [7, 11) is 0. The summed E-state index contributed by atoms with van der Waals surface area (Å²) in [5.74, 6) is 0.294. The number of piperazine rings is 1. The van der Waals surface area contributed by atoms with Gasteiger partial charge in [-0.15, -0.1) is 0 Å². The van der Waals surface area contributed by atoms with Crippen LogP contribution in [0.15, 0.2) is 77.7 Å². The molecule has 0 saturated carbocycles. The molecule has 0 unspecified atom stereocenters. The number of benzene rings is 2. The molecule has 7 nitrogen and oxygen atoms in total. The second-order valence-corrected chi connectivity index (χ2v) is 8.60.